The molecule has 0 aliphatic rings. The molecule has 0 fully saturated rings. The molecule has 0 amide bonds. The molecule has 0 aliphatic heterocycles. The summed E-state index contributed by atoms with van der Waals surface area (Å²) in [4.78, 5) is 21.4. The summed E-state index contributed by atoms with van der Waals surface area (Å²) in [6.45, 7) is 5.95. The van der Waals surface area contributed by atoms with E-state index in [2.05, 4.69) is 0 Å². The second-order valence-electron chi connectivity index (χ2n) is 3.73. The fourth-order valence-electron chi connectivity index (χ4n) is 1.12. The Morgan fingerprint density at radius 3 is 2.54 bits per heavy atom. The molecule has 0 N–H and O–H groups in total. The molecular formula is C10H18O3. The Labute approximate surface area is 79.5 Å². The van der Waals surface area contributed by atoms with Crippen molar-refractivity contribution in [3.63, 3.8) is 0 Å². The summed E-state index contributed by atoms with van der Waals surface area (Å²) in [5, 5.41) is 0. The zero-order chi connectivity index (χ0) is 10.3. The minimum Gasteiger partial charge on any atom is -0.465 e. The largest absolute Gasteiger partial charge is 0.465 e. The number of ether oxygens (including phenoxy) is 1. The molecule has 0 bridgehead atoms. The van der Waals surface area contributed by atoms with Crippen LogP contribution in [0.15, 0.2) is 0 Å². The Balaban J connectivity index is 3.86. The number of esters is 1. The van der Waals surface area contributed by atoms with Gasteiger partial charge in [-0.25, -0.2) is 0 Å². The van der Waals surface area contributed by atoms with E-state index in [1.165, 1.54) is 0 Å². The molecule has 0 saturated carbocycles. The summed E-state index contributed by atoms with van der Waals surface area (Å²) in [6.07, 6.45) is 2.80. The highest BCUT2D eigenvalue weighted by atomic mass is 16.5. The zero-order valence-corrected chi connectivity index (χ0v) is 8.63. The molecule has 3 nitrogen and oxygen atoms in total. The van der Waals surface area contributed by atoms with Crippen LogP contribution in [-0.4, -0.2) is 18.9 Å². The zero-order valence-electron chi connectivity index (χ0n) is 8.63. The lowest BCUT2D eigenvalue weighted by Gasteiger charge is -2.21. The number of carbonyl (C=O) groups excluding carboxylic acids is 2. The normalized spacial score (nSPS) is 11.0. The van der Waals surface area contributed by atoms with Gasteiger partial charge in [0, 0.05) is 6.42 Å². The van der Waals surface area contributed by atoms with Gasteiger partial charge in [0.1, 0.15) is 6.29 Å². The van der Waals surface area contributed by atoms with Gasteiger partial charge in [0.15, 0.2) is 0 Å². The van der Waals surface area contributed by atoms with Crippen LogP contribution in [0.1, 0.15) is 40.0 Å². The predicted molar refractivity (Wildman–Crippen MR) is 50.3 cm³/mol. The maximum Gasteiger partial charge on any atom is 0.311 e. The second-order valence-corrected chi connectivity index (χ2v) is 3.73. The first-order valence-electron chi connectivity index (χ1n) is 4.65. The quantitative estimate of drug-likeness (QED) is 0.362. The van der Waals surface area contributed by atoms with Gasteiger partial charge in [-0.1, -0.05) is 13.3 Å². The lowest BCUT2D eigenvalue weighted by atomic mass is 9.88. The van der Waals surface area contributed by atoms with E-state index in [0.29, 0.717) is 0 Å². The van der Waals surface area contributed by atoms with Gasteiger partial charge in [-0.2, -0.15) is 0 Å². The molecule has 0 atom stereocenters. The second kappa shape index (κ2) is 5.73. The molecule has 0 unspecified atom stereocenters. The summed E-state index contributed by atoms with van der Waals surface area (Å²) in [6, 6.07) is 0. The van der Waals surface area contributed by atoms with Crippen molar-refractivity contribution < 1.29 is 14.3 Å². The lowest BCUT2D eigenvalue weighted by molar-refractivity contribution is -0.154. The number of aldehydes is 1. The van der Waals surface area contributed by atoms with Crippen LogP contribution in [0.2, 0.25) is 0 Å². The van der Waals surface area contributed by atoms with Crippen molar-refractivity contribution >= 4 is 12.3 Å². The molecule has 13 heavy (non-hydrogen) atoms. The van der Waals surface area contributed by atoms with Crippen LogP contribution in [0.25, 0.3) is 0 Å². The third-order valence-corrected chi connectivity index (χ3v) is 1.90. The highest BCUT2D eigenvalue weighted by Gasteiger charge is 2.27. The van der Waals surface area contributed by atoms with Crippen LogP contribution in [0.5, 0.6) is 0 Å². The van der Waals surface area contributed by atoms with Gasteiger partial charge in [0.05, 0.1) is 12.0 Å². The molecule has 0 radical (unpaired) electrons. The Morgan fingerprint density at radius 2 is 2.08 bits per heavy atom. The van der Waals surface area contributed by atoms with Crippen molar-refractivity contribution in [2.45, 2.75) is 40.0 Å². The lowest BCUT2D eigenvalue weighted by Crippen LogP contribution is -2.26. The summed E-state index contributed by atoms with van der Waals surface area (Å²) in [7, 11) is 0. The van der Waals surface area contributed by atoms with Crippen LogP contribution >= 0.6 is 0 Å². The van der Waals surface area contributed by atoms with E-state index in [1.807, 2.05) is 20.8 Å². The summed E-state index contributed by atoms with van der Waals surface area (Å²) >= 11 is 0. The molecule has 0 aliphatic carbocycles. The third kappa shape index (κ3) is 4.65. The molecule has 0 spiro atoms. The maximum atomic E-state index is 11.4. The van der Waals surface area contributed by atoms with Crippen molar-refractivity contribution in [1.82, 2.24) is 0 Å². The molecule has 0 aromatic rings. The van der Waals surface area contributed by atoms with Gasteiger partial charge >= 0.3 is 5.97 Å². The average molecular weight is 186 g/mol. The van der Waals surface area contributed by atoms with Crippen LogP contribution in [0.3, 0.4) is 0 Å². The average Bonchev–Trinajstić information content (AvgIpc) is 2.04. The Morgan fingerprint density at radius 1 is 1.46 bits per heavy atom. The number of hydrogen-bond donors (Lipinski definition) is 0. The van der Waals surface area contributed by atoms with Crippen molar-refractivity contribution in [3.05, 3.63) is 0 Å². The van der Waals surface area contributed by atoms with Crippen LogP contribution in [0, 0.1) is 5.41 Å². The van der Waals surface area contributed by atoms with E-state index < -0.39 is 5.41 Å². The van der Waals surface area contributed by atoms with E-state index in [9.17, 15) is 9.59 Å². The monoisotopic (exact) mass is 186 g/mol. The fraction of sp³-hybridized carbons (Fsp3) is 0.800. The van der Waals surface area contributed by atoms with E-state index in [-0.39, 0.29) is 19.0 Å². The highest BCUT2D eigenvalue weighted by molar-refractivity contribution is 5.75. The van der Waals surface area contributed by atoms with Crippen molar-refractivity contribution in [2.75, 3.05) is 6.61 Å². The van der Waals surface area contributed by atoms with E-state index in [1.54, 1.807) is 0 Å². The first kappa shape index (κ1) is 12.1. The highest BCUT2D eigenvalue weighted by Crippen LogP contribution is 2.23. The molecule has 0 aromatic carbocycles. The summed E-state index contributed by atoms with van der Waals surface area (Å²) in [5.74, 6) is -0.212. The first-order chi connectivity index (χ1) is 6.04. The topological polar surface area (TPSA) is 43.4 Å². The molecule has 0 saturated heterocycles. The maximum absolute atomic E-state index is 11.4. The van der Waals surface area contributed by atoms with Gasteiger partial charge < -0.3 is 9.53 Å². The van der Waals surface area contributed by atoms with Gasteiger partial charge in [0.2, 0.25) is 0 Å². The van der Waals surface area contributed by atoms with Gasteiger partial charge in [-0.05, 0) is 20.3 Å². The standard InChI is InChI=1S/C10H18O3/c1-4-6-10(2,3)9(12)13-8-5-7-11/h7H,4-6,8H2,1-3H3. The minimum absolute atomic E-state index is 0.204. The fourth-order valence-corrected chi connectivity index (χ4v) is 1.12. The summed E-state index contributed by atoms with van der Waals surface area (Å²) in [5.41, 5.74) is -0.419. The predicted octanol–water partition coefficient (Wildman–Crippen LogP) is 1.94. The molecule has 0 aromatic heterocycles. The summed E-state index contributed by atoms with van der Waals surface area (Å²) < 4.78 is 4.93. The van der Waals surface area contributed by atoms with Crippen molar-refractivity contribution in [2.24, 2.45) is 5.41 Å². The van der Waals surface area contributed by atoms with Gasteiger partial charge in [-0.3, -0.25) is 4.79 Å². The Bertz CT molecular complexity index is 173. The van der Waals surface area contributed by atoms with Crippen molar-refractivity contribution in [1.29, 1.82) is 0 Å². The molecule has 0 rings (SSSR count). The van der Waals surface area contributed by atoms with E-state index in [4.69, 9.17) is 4.74 Å². The molecule has 76 valence electrons. The molecule has 3 heteroatoms. The van der Waals surface area contributed by atoms with Gasteiger partial charge in [-0.15, -0.1) is 0 Å². The number of carbonyl (C=O) groups is 2. The first-order valence-corrected chi connectivity index (χ1v) is 4.65. The van der Waals surface area contributed by atoms with E-state index >= 15 is 0 Å². The Hall–Kier alpha value is -0.860. The Kier molecular flexibility index (Phi) is 5.35. The van der Waals surface area contributed by atoms with Crippen LogP contribution in [0.4, 0.5) is 0 Å². The molecular weight excluding hydrogens is 168 g/mol. The van der Waals surface area contributed by atoms with E-state index in [0.717, 1.165) is 19.1 Å². The van der Waals surface area contributed by atoms with Crippen LogP contribution < -0.4 is 0 Å². The number of rotatable bonds is 6. The smallest absolute Gasteiger partial charge is 0.311 e. The SMILES string of the molecule is CCCC(C)(C)C(=O)OCCC=O. The minimum atomic E-state index is -0.419. The molecule has 0 heterocycles. The third-order valence-electron chi connectivity index (χ3n) is 1.90. The number of hydrogen-bond acceptors (Lipinski definition) is 3. The van der Waals surface area contributed by atoms with Gasteiger partial charge in [0.25, 0.3) is 0 Å². The van der Waals surface area contributed by atoms with Crippen molar-refractivity contribution in [3.8, 4) is 0 Å². The van der Waals surface area contributed by atoms with Crippen LogP contribution in [-0.2, 0) is 14.3 Å².